The molecule has 2 aliphatic rings. The molecule has 0 radical (unpaired) electrons. The lowest BCUT2D eigenvalue weighted by molar-refractivity contribution is -0.118. The van der Waals surface area contributed by atoms with Crippen molar-refractivity contribution in [2.75, 3.05) is 50.1 Å². The summed E-state index contributed by atoms with van der Waals surface area (Å²) in [4.78, 5) is 44.8. The zero-order valence-corrected chi connectivity index (χ0v) is 31.6. The monoisotopic (exact) mass is 781 g/mol. The first-order valence-corrected chi connectivity index (χ1v) is 19.0. The van der Waals surface area contributed by atoms with E-state index in [2.05, 4.69) is 20.5 Å². The lowest BCUT2D eigenvalue weighted by Gasteiger charge is -2.31. The van der Waals surface area contributed by atoms with Gasteiger partial charge in [0.1, 0.15) is 23.4 Å². The van der Waals surface area contributed by atoms with Gasteiger partial charge in [0.05, 0.1) is 35.1 Å². The topological polar surface area (TPSA) is 177 Å². The number of amides is 2. The predicted molar refractivity (Wildman–Crippen MR) is 215 cm³/mol. The van der Waals surface area contributed by atoms with E-state index in [0.717, 1.165) is 34.4 Å². The molecule has 5 aromatic rings. The smallest absolute Gasteiger partial charge is 0.411 e. The molecule has 0 bridgehead atoms. The van der Waals surface area contributed by atoms with Crippen molar-refractivity contribution in [1.29, 1.82) is 0 Å². The number of benzene rings is 4. The standard InChI is InChI=1S/C42H44ClN5O8/c1-55-38-22-34-26(20-27(38)23-44-24-37(51)30-7-10-36(50)41-31(30)8-11-39(52)46-41)12-19-48(34)40(53)15-18-47-16-13-28(14-17-47)56-42(54)45-33-5-3-2-4-29(33)25-6-9-35(49)32(43)21-25/h2-11,20-22,28,37,44,49-51H,12-19,23-24H2,1H3,(H,45,54)(H,46,52). The third-order valence-electron chi connectivity index (χ3n) is 10.5. The number of aliphatic hydroxyl groups is 1. The van der Waals surface area contributed by atoms with Gasteiger partial charge in [-0.15, -0.1) is 0 Å². The number of nitrogens with zero attached hydrogens (tertiary/aromatic N) is 2. The van der Waals surface area contributed by atoms with Crippen molar-refractivity contribution in [2.45, 2.75) is 44.4 Å². The van der Waals surface area contributed by atoms with Gasteiger partial charge in [-0.2, -0.15) is 0 Å². The van der Waals surface area contributed by atoms with Gasteiger partial charge in [0, 0.05) is 74.3 Å². The number of para-hydroxylation sites is 1. The van der Waals surface area contributed by atoms with E-state index >= 15 is 0 Å². The molecule has 0 saturated carbocycles. The molecule has 292 valence electrons. The van der Waals surface area contributed by atoms with E-state index in [4.69, 9.17) is 21.1 Å². The predicted octanol–water partition coefficient (Wildman–Crippen LogP) is 6.08. The molecular formula is C42H44ClN5O8. The van der Waals surface area contributed by atoms with Crippen molar-refractivity contribution in [3.8, 4) is 28.4 Å². The first-order chi connectivity index (χ1) is 27.1. The van der Waals surface area contributed by atoms with Crippen molar-refractivity contribution in [1.82, 2.24) is 15.2 Å². The Morgan fingerprint density at radius 2 is 1.77 bits per heavy atom. The number of pyridine rings is 1. The van der Waals surface area contributed by atoms with Crippen LogP contribution in [-0.2, 0) is 22.5 Å². The molecule has 0 spiro atoms. The Balaban J connectivity index is 0.878. The number of hydrogen-bond donors (Lipinski definition) is 6. The highest BCUT2D eigenvalue weighted by Crippen LogP contribution is 2.36. The van der Waals surface area contributed by atoms with Crippen LogP contribution in [0.1, 0.15) is 42.1 Å². The fraction of sp³-hybridized carbons (Fsp3) is 0.310. The molecule has 3 heterocycles. The maximum atomic E-state index is 13.5. The van der Waals surface area contributed by atoms with Gasteiger partial charge in [-0.3, -0.25) is 14.9 Å². The number of phenols is 2. The van der Waals surface area contributed by atoms with Gasteiger partial charge in [-0.1, -0.05) is 41.9 Å². The molecule has 4 aromatic carbocycles. The Kier molecular flexibility index (Phi) is 11.8. The molecule has 7 rings (SSSR count). The van der Waals surface area contributed by atoms with Crippen molar-refractivity contribution < 1.29 is 34.4 Å². The number of phenolic OH excluding ortho intramolecular Hbond substituents is 2. The number of likely N-dealkylation sites (tertiary alicyclic amines) is 1. The first-order valence-electron chi connectivity index (χ1n) is 18.6. The van der Waals surface area contributed by atoms with Crippen LogP contribution in [0.2, 0.25) is 5.02 Å². The van der Waals surface area contributed by atoms with Crippen LogP contribution in [0.3, 0.4) is 0 Å². The average Bonchev–Trinajstić information content (AvgIpc) is 3.61. The Bertz CT molecular complexity index is 2310. The summed E-state index contributed by atoms with van der Waals surface area (Å²) in [5.41, 5.74) is 5.38. The molecule has 2 amide bonds. The summed E-state index contributed by atoms with van der Waals surface area (Å²) < 4.78 is 11.5. The molecular weight excluding hydrogens is 738 g/mol. The molecule has 0 aliphatic carbocycles. The van der Waals surface area contributed by atoms with Gasteiger partial charge >= 0.3 is 6.09 Å². The van der Waals surface area contributed by atoms with Crippen LogP contribution >= 0.6 is 11.6 Å². The van der Waals surface area contributed by atoms with Crippen LogP contribution in [0.25, 0.3) is 22.0 Å². The number of ether oxygens (including phenoxy) is 2. The summed E-state index contributed by atoms with van der Waals surface area (Å²) in [6.07, 6.45) is 0.687. The van der Waals surface area contributed by atoms with Crippen molar-refractivity contribution in [3.05, 3.63) is 111 Å². The van der Waals surface area contributed by atoms with Crippen LogP contribution in [0.15, 0.2) is 83.7 Å². The SMILES string of the molecule is COc1cc2c(cc1CNCC(O)c1ccc(O)c3[nH]c(=O)ccc13)CCN2C(=O)CCN1CCC(OC(=O)Nc2ccccc2-c2ccc(O)c(Cl)c2)CC1. The third-order valence-corrected chi connectivity index (χ3v) is 10.8. The molecule has 14 heteroatoms. The number of aromatic nitrogens is 1. The molecule has 13 nitrogen and oxygen atoms in total. The Hall–Kier alpha value is -5.60. The van der Waals surface area contributed by atoms with Crippen LogP contribution in [-0.4, -0.2) is 83.1 Å². The van der Waals surface area contributed by atoms with E-state index in [9.17, 15) is 29.7 Å². The van der Waals surface area contributed by atoms with Gasteiger partial charge < -0.3 is 44.9 Å². The number of anilines is 2. The van der Waals surface area contributed by atoms with E-state index in [1.807, 2.05) is 35.2 Å². The average molecular weight is 782 g/mol. The van der Waals surface area contributed by atoms with Crippen LogP contribution < -0.4 is 25.8 Å². The number of fused-ring (bicyclic) bond motifs is 2. The van der Waals surface area contributed by atoms with E-state index in [1.54, 1.807) is 37.4 Å². The zero-order valence-electron chi connectivity index (χ0n) is 30.9. The van der Waals surface area contributed by atoms with Crippen molar-refractivity contribution in [3.63, 3.8) is 0 Å². The first kappa shape index (κ1) is 38.7. The number of aromatic amines is 1. The fourth-order valence-corrected chi connectivity index (χ4v) is 7.69. The van der Waals surface area contributed by atoms with E-state index in [1.165, 1.54) is 18.2 Å². The van der Waals surface area contributed by atoms with Crippen molar-refractivity contribution >= 4 is 45.9 Å². The van der Waals surface area contributed by atoms with Gasteiger partial charge in [0.25, 0.3) is 0 Å². The number of methoxy groups -OCH3 is 1. The fourth-order valence-electron chi connectivity index (χ4n) is 7.51. The zero-order chi connectivity index (χ0) is 39.3. The number of aromatic hydroxyl groups is 2. The number of aliphatic hydroxyl groups excluding tert-OH is 1. The van der Waals surface area contributed by atoms with E-state index in [0.29, 0.717) is 74.4 Å². The summed E-state index contributed by atoms with van der Waals surface area (Å²) in [5.74, 6) is 0.591. The molecule has 1 atom stereocenters. The summed E-state index contributed by atoms with van der Waals surface area (Å²) in [6, 6.07) is 22.2. The molecule has 6 N–H and O–H groups in total. The molecule has 1 fully saturated rings. The molecule has 56 heavy (non-hydrogen) atoms. The van der Waals surface area contributed by atoms with Gasteiger partial charge in [0.15, 0.2) is 0 Å². The maximum absolute atomic E-state index is 13.5. The summed E-state index contributed by atoms with van der Waals surface area (Å²) >= 11 is 6.11. The maximum Gasteiger partial charge on any atom is 0.411 e. The minimum absolute atomic E-state index is 0.0163. The van der Waals surface area contributed by atoms with E-state index in [-0.39, 0.29) is 46.2 Å². The normalized spacial score (nSPS) is 15.1. The molecule has 1 aromatic heterocycles. The number of piperidine rings is 1. The number of carbonyl (C=O) groups excluding carboxylic acids is 2. The largest absolute Gasteiger partial charge is 0.506 e. The van der Waals surface area contributed by atoms with Crippen LogP contribution in [0, 0.1) is 0 Å². The van der Waals surface area contributed by atoms with Gasteiger partial charge in [-0.05, 0) is 72.4 Å². The Morgan fingerprint density at radius 3 is 2.55 bits per heavy atom. The summed E-state index contributed by atoms with van der Waals surface area (Å²) in [6.45, 7) is 3.21. The van der Waals surface area contributed by atoms with Gasteiger partial charge in [0.2, 0.25) is 11.5 Å². The lowest BCUT2D eigenvalue weighted by Crippen LogP contribution is -2.40. The second-order valence-corrected chi connectivity index (χ2v) is 14.5. The number of rotatable bonds is 12. The van der Waals surface area contributed by atoms with Gasteiger partial charge in [-0.25, -0.2) is 4.79 Å². The number of hydrogen-bond acceptors (Lipinski definition) is 10. The number of H-pyrrole nitrogens is 1. The second-order valence-electron chi connectivity index (χ2n) is 14.1. The number of carbonyl (C=O) groups is 2. The third kappa shape index (κ3) is 8.61. The summed E-state index contributed by atoms with van der Waals surface area (Å²) in [5, 5.41) is 37.9. The van der Waals surface area contributed by atoms with Crippen molar-refractivity contribution in [2.24, 2.45) is 0 Å². The Morgan fingerprint density at radius 1 is 0.982 bits per heavy atom. The van der Waals surface area contributed by atoms with E-state index < -0.39 is 12.2 Å². The van der Waals surface area contributed by atoms with Crippen LogP contribution in [0.4, 0.5) is 16.2 Å². The van der Waals surface area contributed by atoms with Crippen LogP contribution in [0.5, 0.6) is 17.2 Å². The summed E-state index contributed by atoms with van der Waals surface area (Å²) in [7, 11) is 1.59. The quantitative estimate of drug-likeness (QED) is 0.0870. The number of halogens is 1. The highest BCUT2D eigenvalue weighted by Gasteiger charge is 2.28. The highest BCUT2D eigenvalue weighted by molar-refractivity contribution is 6.32. The molecule has 1 saturated heterocycles. The Labute approximate surface area is 328 Å². The lowest BCUT2D eigenvalue weighted by atomic mass is 10.0. The molecule has 1 unspecified atom stereocenters. The second kappa shape index (κ2) is 17.0. The minimum Gasteiger partial charge on any atom is -0.506 e. The highest BCUT2D eigenvalue weighted by atomic mass is 35.5. The minimum atomic E-state index is -0.900. The molecule has 2 aliphatic heterocycles. The number of nitrogens with one attached hydrogen (secondary N) is 3.